The number of hydrogen-bond acceptors (Lipinski definition) is 13. The minimum atomic E-state index is -0.467. The molecule has 104 valence electrons. The molecule has 13 nitrogen and oxygen atoms in total. The Hall–Kier alpha value is -0.520. The van der Waals surface area contributed by atoms with Gasteiger partial charge in [0.05, 0.1) is 13.7 Å². The molecule has 17 heavy (non-hydrogen) atoms. The molecular weight excluding hydrogens is 256 g/mol. The molecule has 0 aromatic heterocycles. The molecule has 0 atom stereocenters. The van der Waals surface area contributed by atoms with E-state index in [1.807, 2.05) is 0 Å². The van der Waals surface area contributed by atoms with E-state index in [1.54, 1.807) is 0 Å². The van der Waals surface area contributed by atoms with Crippen LogP contribution in [0.15, 0.2) is 0 Å². The maximum atomic E-state index is 8.25. The van der Waals surface area contributed by atoms with E-state index in [0.29, 0.717) is 0 Å². The van der Waals surface area contributed by atoms with Gasteiger partial charge in [0.15, 0.2) is 0 Å². The van der Waals surface area contributed by atoms with Crippen LogP contribution in [0.25, 0.3) is 0 Å². The normalized spacial score (nSPS) is 10.9. The Labute approximate surface area is 93.3 Å². The van der Waals surface area contributed by atoms with Gasteiger partial charge in [0, 0.05) is 0 Å². The smallest absolute Gasteiger partial charge is 0.217 e. The Balaban J connectivity index is 2.85. The van der Waals surface area contributed by atoms with E-state index in [2.05, 4.69) is 59.9 Å². The number of aliphatic hydroxyl groups excluding tert-OH is 1. The lowest BCUT2D eigenvalue weighted by molar-refractivity contribution is -0.845. The van der Waals surface area contributed by atoms with Crippen molar-refractivity contribution in [3.63, 3.8) is 0 Å². The summed E-state index contributed by atoms with van der Waals surface area (Å²) >= 11 is 0. The minimum absolute atomic E-state index is 0.0292. The fourth-order valence-electron chi connectivity index (χ4n) is 0.285. The Bertz CT molecular complexity index is 117. The van der Waals surface area contributed by atoms with E-state index < -0.39 is 6.79 Å². The van der Waals surface area contributed by atoms with E-state index in [1.165, 1.54) is 0 Å². The van der Waals surface area contributed by atoms with Gasteiger partial charge in [-0.3, -0.25) is 0 Å². The van der Waals surface area contributed by atoms with Crippen LogP contribution in [0.5, 0.6) is 0 Å². The van der Waals surface area contributed by atoms with Gasteiger partial charge >= 0.3 is 0 Å². The van der Waals surface area contributed by atoms with E-state index in [9.17, 15) is 0 Å². The van der Waals surface area contributed by atoms with Crippen LogP contribution in [0.4, 0.5) is 0 Å². The maximum Gasteiger partial charge on any atom is 0.217 e. The fourth-order valence-corrected chi connectivity index (χ4v) is 0.285. The third-order valence-corrected chi connectivity index (χ3v) is 0.665. The molecule has 0 aromatic rings. The van der Waals surface area contributed by atoms with Crippen molar-refractivity contribution in [2.45, 2.75) is 0 Å². The van der Waals surface area contributed by atoms with E-state index in [0.717, 1.165) is 7.11 Å². The zero-order valence-corrected chi connectivity index (χ0v) is 8.47. The standard InChI is InChI=1S/C4H10O13/c1-6-10-12-14-16-17-15-13-11-9-4-8-7-3-2-5/h5H,2-4H2,1H3. The summed E-state index contributed by atoms with van der Waals surface area (Å²) in [5, 5.41) is 37.5. The molecule has 0 aliphatic carbocycles. The van der Waals surface area contributed by atoms with Crippen LogP contribution in [0, 0.1) is 0 Å². The van der Waals surface area contributed by atoms with Crippen molar-refractivity contribution in [1.82, 2.24) is 0 Å². The largest absolute Gasteiger partial charge is 0.394 e. The average molecular weight is 266 g/mol. The van der Waals surface area contributed by atoms with Gasteiger partial charge in [-0.05, 0) is 40.3 Å². The highest BCUT2D eigenvalue weighted by molar-refractivity contribution is 4.11. The summed E-state index contributed by atoms with van der Waals surface area (Å²) in [7, 11) is 1.14. The second-order valence-corrected chi connectivity index (χ2v) is 1.61. The summed E-state index contributed by atoms with van der Waals surface area (Å²) in [6.07, 6.45) is 0. The second kappa shape index (κ2) is 15.5. The highest BCUT2D eigenvalue weighted by Gasteiger charge is 1.96. The first-order chi connectivity index (χ1) is 8.41. The van der Waals surface area contributed by atoms with E-state index in [-0.39, 0.29) is 13.2 Å². The maximum absolute atomic E-state index is 8.25. The molecule has 0 radical (unpaired) electrons. The monoisotopic (exact) mass is 266 g/mol. The van der Waals surface area contributed by atoms with Crippen molar-refractivity contribution in [2.24, 2.45) is 0 Å². The first kappa shape index (κ1) is 16.5. The predicted octanol–water partition coefficient (Wildman–Crippen LogP) is -1.08. The summed E-state index contributed by atoms with van der Waals surface area (Å²) in [6, 6.07) is 0. The first-order valence-electron chi connectivity index (χ1n) is 3.76. The third-order valence-electron chi connectivity index (χ3n) is 0.665. The molecule has 0 aliphatic heterocycles. The molecule has 0 unspecified atom stereocenters. The molecule has 0 aromatic carbocycles. The summed E-state index contributed by atoms with van der Waals surface area (Å²) in [5.74, 6) is 0. The molecule has 0 rings (SSSR count). The van der Waals surface area contributed by atoms with Crippen molar-refractivity contribution in [3.05, 3.63) is 0 Å². The SMILES string of the molecule is COOOOOOOOOOCOOCCO. The zero-order chi connectivity index (χ0) is 12.6. The van der Waals surface area contributed by atoms with Gasteiger partial charge in [0.2, 0.25) is 6.79 Å². The molecule has 0 saturated heterocycles. The van der Waals surface area contributed by atoms with Gasteiger partial charge in [-0.25, -0.2) is 14.7 Å². The fraction of sp³-hybridized carbons (Fsp3) is 1.00. The van der Waals surface area contributed by atoms with Crippen molar-refractivity contribution >= 4 is 0 Å². The molecule has 0 spiro atoms. The molecule has 0 heterocycles. The Morgan fingerprint density at radius 1 is 0.706 bits per heavy atom. The number of hydrogen-bond donors (Lipinski definition) is 1. The van der Waals surface area contributed by atoms with Crippen LogP contribution in [0.3, 0.4) is 0 Å². The summed E-state index contributed by atoms with van der Waals surface area (Å²) < 4.78 is 0. The summed E-state index contributed by atoms with van der Waals surface area (Å²) in [4.78, 5) is 16.5. The molecule has 0 bridgehead atoms. The minimum Gasteiger partial charge on any atom is -0.394 e. The number of rotatable bonds is 14. The van der Waals surface area contributed by atoms with E-state index >= 15 is 0 Å². The van der Waals surface area contributed by atoms with Crippen LogP contribution < -0.4 is 0 Å². The van der Waals surface area contributed by atoms with Crippen molar-refractivity contribution in [2.75, 3.05) is 27.1 Å². The van der Waals surface area contributed by atoms with Crippen LogP contribution in [-0.4, -0.2) is 32.2 Å². The third kappa shape index (κ3) is 15.5. The van der Waals surface area contributed by atoms with E-state index in [4.69, 9.17) is 5.11 Å². The Kier molecular flexibility index (Phi) is 15.0. The van der Waals surface area contributed by atoms with Gasteiger partial charge < -0.3 is 5.11 Å². The van der Waals surface area contributed by atoms with Gasteiger partial charge in [-0.15, -0.1) is 0 Å². The van der Waals surface area contributed by atoms with Crippen molar-refractivity contribution in [1.29, 1.82) is 0 Å². The van der Waals surface area contributed by atoms with Crippen LogP contribution >= 0.6 is 0 Å². The second-order valence-electron chi connectivity index (χ2n) is 1.61. The lowest BCUT2D eigenvalue weighted by Crippen LogP contribution is -2.06. The quantitative estimate of drug-likeness (QED) is 0.177. The molecule has 0 saturated carbocycles. The van der Waals surface area contributed by atoms with Gasteiger partial charge in [0.1, 0.15) is 6.61 Å². The van der Waals surface area contributed by atoms with Gasteiger partial charge in [-0.2, -0.15) is 4.89 Å². The van der Waals surface area contributed by atoms with Crippen molar-refractivity contribution in [3.8, 4) is 0 Å². The molecular formula is C4H10O13. The predicted molar refractivity (Wildman–Crippen MR) is 35.8 cm³/mol. The van der Waals surface area contributed by atoms with Crippen LogP contribution in [-0.2, 0) is 59.9 Å². The molecule has 0 aliphatic rings. The number of aliphatic hydroxyl groups is 1. The average Bonchev–Trinajstić information content (AvgIpc) is 2.35. The highest BCUT2D eigenvalue weighted by Crippen LogP contribution is 1.90. The lowest BCUT2D eigenvalue weighted by Gasteiger charge is -2.01. The Morgan fingerprint density at radius 2 is 1.29 bits per heavy atom. The van der Waals surface area contributed by atoms with Crippen LogP contribution in [0.2, 0.25) is 0 Å². The van der Waals surface area contributed by atoms with Crippen LogP contribution in [0.1, 0.15) is 0 Å². The lowest BCUT2D eigenvalue weighted by atomic mass is 10.8. The summed E-state index contributed by atoms with van der Waals surface area (Å²) in [6.45, 7) is -0.704. The van der Waals surface area contributed by atoms with Crippen molar-refractivity contribution < 1.29 is 65.0 Å². The van der Waals surface area contributed by atoms with Gasteiger partial charge in [-0.1, -0.05) is 0 Å². The molecule has 0 fully saturated rings. The zero-order valence-electron chi connectivity index (χ0n) is 8.47. The molecule has 0 amide bonds. The highest BCUT2D eigenvalue weighted by atomic mass is 17.9. The summed E-state index contributed by atoms with van der Waals surface area (Å²) in [5.41, 5.74) is 0. The topological polar surface area (TPSA) is 131 Å². The molecule has 13 heteroatoms. The Morgan fingerprint density at radius 3 is 1.88 bits per heavy atom. The first-order valence-corrected chi connectivity index (χ1v) is 3.76. The molecule has 1 N–H and O–H groups in total. The van der Waals surface area contributed by atoms with Gasteiger partial charge in [0.25, 0.3) is 0 Å².